The number of hydrogen-bond acceptors (Lipinski definition) is 5. The van der Waals surface area contributed by atoms with Gasteiger partial charge in [-0.15, -0.1) is 11.3 Å². The molecule has 22 heavy (non-hydrogen) atoms. The van der Waals surface area contributed by atoms with E-state index < -0.39 is 5.54 Å². The van der Waals surface area contributed by atoms with Gasteiger partial charge >= 0.3 is 0 Å². The molecule has 3 aliphatic rings. The molecule has 1 N–H and O–H groups in total. The van der Waals surface area contributed by atoms with Crippen molar-refractivity contribution < 1.29 is 9.18 Å². The minimum Gasteiger partial charge on any atom is -0.374 e. The molecule has 0 aromatic carbocycles. The van der Waals surface area contributed by atoms with E-state index in [9.17, 15) is 9.18 Å². The fourth-order valence-electron chi connectivity index (χ4n) is 4.08. The zero-order valence-electron chi connectivity index (χ0n) is 12.2. The number of nitrogens with one attached hydrogen (secondary N) is 1. The molecule has 1 saturated carbocycles. The SMILES string of the molecule is CN1C=C(F)N2C(c3ccc(Cl)s3)NC3CCCC(=O)C32C1. The summed E-state index contributed by atoms with van der Waals surface area (Å²) < 4.78 is 15.5. The van der Waals surface area contributed by atoms with Gasteiger partial charge in [0.1, 0.15) is 11.7 Å². The molecule has 1 aromatic rings. The largest absolute Gasteiger partial charge is 0.374 e. The summed E-state index contributed by atoms with van der Waals surface area (Å²) in [4.78, 5) is 17.2. The third-order valence-corrected chi connectivity index (χ3v) is 6.20. The van der Waals surface area contributed by atoms with E-state index in [4.69, 9.17) is 11.6 Å². The maximum Gasteiger partial charge on any atom is 0.208 e. The number of thiophene rings is 1. The molecule has 7 heteroatoms. The number of carbonyl (C=O) groups is 1. The normalized spacial score (nSPS) is 34.5. The van der Waals surface area contributed by atoms with Crippen LogP contribution in [0.1, 0.15) is 30.3 Å². The lowest BCUT2D eigenvalue weighted by atomic mass is 9.75. The van der Waals surface area contributed by atoms with Gasteiger partial charge in [0, 0.05) is 30.9 Å². The summed E-state index contributed by atoms with van der Waals surface area (Å²) in [6.45, 7) is 0.520. The van der Waals surface area contributed by atoms with Crippen LogP contribution in [0.2, 0.25) is 4.34 Å². The highest BCUT2D eigenvalue weighted by atomic mass is 35.5. The Morgan fingerprint density at radius 3 is 3.05 bits per heavy atom. The first-order valence-electron chi connectivity index (χ1n) is 7.44. The lowest BCUT2D eigenvalue weighted by Crippen LogP contribution is -2.65. The molecule has 3 heterocycles. The molecular weight excluding hydrogens is 325 g/mol. The zero-order valence-corrected chi connectivity index (χ0v) is 13.8. The average Bonchev–Trinajstić information content (AvgIpc) is 3.01. The number of hydrogen-bond donors (Lipinski definition) is 1. The predicted molar refractivity (Wildman–Crippen MR) is 84.2 cm³/mol. The van der Waals surface area contributed by atoms with Crippen molar-refractivity contribution in [2.45, 2.75) is 37.0 Å². The van der Waals surface area contributed by atoms with Crippen LogP contribution >= 0.6 is 22.9 Å². The van der Waals surface area contributed by atoms with Crippen LogP contribution in [0.3, 0.4) is 0 Å². The highest BCUT2D eigenvalue weighted by Crippen LogP contribution is 2.48. The minimum absolute atomic E-state index is 0.0264. The number of rotatable bonds is 1. The Hall–Kier alpha value is -1.11. The van der Waals surface area contributed by atoms with Crippen molar-refractivity contribution in [1.29, 1.82) is 0 Å². The summed E-state index contributed by atoms with van der Waals surface area (Å²) in [5.74, 6) is -0.218. The Balaban J connectivity index is 1.84. The molecule has 3 atom stereocenters. The van der Waals surface area contributed by atoms with Gasteiger partial charge in [0.2, 0.25) is 5.95 Å². The minimum atomic E-state index is -0.799. The van der Waals surface area contributed by atoms with Crippen LogP contribution in [0.5, 0.6) is 0 Å². The first-order chi connectivity index (χ1) is 10.5. The van der Waals surface area contributed by atoms with E-state index in [2.05, 4.69) is 5.32 Å². The molecular formula is C15H17ClFN3OS. The fraction of sp³-hybridized carbons (Fsp3) is 0.533. The average molecular weight is 342 g/mol. The van der Waals surface area contributed by atoms with Gasteiger partial charge < -0.3 is 9.80 Å². The van der Waals surface area contributed by atoms with Crippen LogP contribution in [0.4, 0.5) is 4.39 Å². The standard InChI is InChI=1S/C15H17ClFN3OS/c1-19-7-13(17)20-14(9-5-6-12(16)22-9)18-10-3-2-4-11(21)15(10,20)8-19/h5-7,10,14,18H,2-4,8H2,1H3. The highest BCUT2D eigenvalue weighted by Gasteiger charge is 2.61. The molecule has 1 saturated heterocycles. The molecule has 2 fully saturated rings. The second-order valence-corrected chi connectivity index (χ2v) is 7.99. The molecule has 1 aliphatic carbocycles. The Labute approximate surface area is 137 Å². The molecule has 4 rings (SSSR count). The number of ketones is 1. The molecule has 1 spiro atoms. The Morgan fingerprint density at radius 2 is 2.32 bits per heavy atom. The topological polar surface area (TPSA) is 35.6 Å². The van der Waals surface area contributed by atoms with Crippen LogP contribution in [0.15, 0.2) is 24.3 Å². The molecule has 2 aliphatic heterocycles. The Morgan fingerprint density at radius 1 is 1.50 bits per heavy atom. The van der Waals surface area contributed by atoms with Gasteiger partial charge in [-0.3, -0.25) is 10.1 Å². The van der Waals surface area contributed by atoms with E-state index in [-0.39, 0.29) is 23.9 Å². The maximum absolute atomic E-state index is 14.8. The molecule has 0 bridgehead atoms. The number of halogens is 2. The lowest BCUT2D eigenvalue weighted by Gasteiger charge is -2.48. The van der Waals surface area contributed by atoms with Crippen molar-refractivity contribution in [2.75, 3.05) is 13.6 Å². The van der Waals surface area contributed by atoms with Crippen LogP contribution in [-0.4, -0.2) is 40.8 Å². The van der Waals surface area contributed by atoms with Crippen LogP contribution < -0.4 is 5.32 Å². The first-order valence-corrected chi connectivity index (χ1v) is 8.63. The van der Waals surface area contributed by atoms with E-state index in [1.165, 1.54) is 17.5 Å². The van der Waals surface area contributed by atoms with Crippen molar-refractivity contribution in [1.82, 2.24) is 15.1 Å². The number of nitrogens with zero attached hydrogens (tertiary/aromatic N) is 2. The highest BCUT2D eigenvalue weighted by molar-refractivity contribution is 7.16. The van der Waals surface area contributed by atoms with Crippen LogP contribution in [-0.2, 0) is 4.79 Å². The summed E-state index contributed by atoms with van der Waals surface area (Å²) in [5, 5.41) is 3.49. The summed E-state index contributed by atoms with van der Waals surface area (Å²) in [6, 6.07) is 3.70. The fourth-order valence-corrected chi connectivity index (χ4v) is 5.19. The van der Waals surface area contributed by atoms with Crippen LogP contribution in [0.25, 0.3) is 0 Å². The molecule has 4 nitrogen and oxygen atoms in total. The van der Waals surface area contributed by atoms with E-state index in [1.807, 2.05) is 19.2 Å². The third-order valence-electron chi connectivity index (χ3n) is 4.91. The summed E-state index contributed by atoms with van der Waals surface area (Å²) in [7, 11) is 1.82. The van der Waals surface area contributed by atoms with Gasteiger partial charge in [0.15, 0.2) is 5.78 Å². The molecule has 3 unspecified atom stereocenters. The van der Waals surface area contributed by atoms with Gasteiger partial charge in [-0.1, -0.05) is 11.6 Å². The quantitative estimate of drug-likeness (QED) is 0.797. The molecule has 0 amide bonds. The second kappa shape index (κ2) is 4.94. The Kier molecular flexibility index (Phi) is 3.25. The molecule has 1 aromatic heterocycles. The van der Waals surface area contributed by atoms with Gasteiger partial charge in [0.05, 0.1) is 10.5 Å². The van der Waals surface area contributed by atoms with Crippen molar-refractivity contribution in [3.05, 3.63) is 33.5 Å². The van der Waals surface area contributed by atoms with E-state index in [0.717, 1.165) is 17.7 Å². The van der Waals surface area contributed by atoms with E-state index in [0.29, 0.717) is 17.3 Å². The van der Waals surface area contributed by atoms with Gasteiger partial charge in [-0.2, -0.15) is 4.39 Å². The molecule has 0 radical (unpaired) electrons. The van der Waals surface area contributed by atoms with Gasteiger partial charge in [0.25, 0.3) is 0 Å². The second-order valence-electron chi connectivity index (χ2n) is 6.24. The maximum atomic E-state index is 14.8. The van der Waals surface area contributed by atoms with E-state index in [1.54, 1.807) is 9.80 Å². The van der Waals surface area contributed by atoms with Crippen molar-refractivity contribution in [3.8, 4) is 0 Å². The lowest BCUT2D eigenvalue weighted by molar-refractivity contribution is -0.135. The van der Waals surface area contributed by atoms with Crippen molar-refractivity contribution in [3.63, 3.8) is 0 Å². The smallest absolute Gasteiger partial charge is 0.208 e. The summed E-state index contributed by atoms with van der Waals surface area (Å²) in [5.41, 5.74) is -0.799. The van der Waals surface area contributed by atoms with Crippen molar-refractivity contribution >= 4 is 28.7 Å². The molecule has 118 valence electrons. The number of carbonyl (C=O) groups excluding carboxylic acids is 1. The van der Waals surface area contributed by atoms with E-state index >= 15 is 0 Å². The first kappa shape index (κ1) is 14.5. The zero-order chi connectivity index (χ0) is 15.5. The predicted octanol–water partition coefficient (Wildman–Crippen LogP) is 2.88. The van der Waals surface area contributed by atoms with Gasteiger partial charge in [-0.05, 0) is 25.0 Å². The Bertz CT molecular complexity index is 663. The summed E-state index contributed by atoms with van der Waals surface area (Å²) >= 11 is 7.47. The van der Waals surface area contributed by atoms with Gasteiger partial charge in [-0.25, -0.2) is 0 Å². The van der Waals surface area contributed by atoms with Crippen molar-refractivity contribution in [2.24, 2.45) is 0 Å². The number of Topliss-reactive ketones (excluding diaryl/α,β-unsaturated/α-hetero) is 1. The third kappa shape index (κ3) is 1.87. The van der Waals surface area contributed by atoms with Crippen LogP contribution in [0, 0.1) is 0 Å². The summed E-state index contributed by atoms with van der Waals surface area (Å²) in [6.07, 6.45) is 3.42. The monoisotopic (exact) mass is 341 g/mol. The number of likely N-dealkylation sites (N-methyl/N-ethyl adjacent to an activating group) is 1.